The average Bonchev–Trinajstić information content (AvgIpc) is 3.28. The summed E-state index contributed by atoms with van der Waals surface area (Å²) in [5.74, 6) is -6.81. The fourth-order valence-corrected chi connectivity index (χ4v) is 4.32. The van der Waals surface area contributed by atoms with Gasteiger partial charge in [-0.3, -0.25) is 9.59 Å². The highest BCUT2D eigenvalue weighted by atomic mass is 19.4. The maximum atomic E-state index is 13.4. The lowest BCUT2D eigenvalue weighted by Crippen LogP contribution is -2.52. The van der Waals surface area contributed by atoms with Crippen LogP contribution < -0.4 is 4.74 Å². The second-order valence-corrected chi connectivity index (χ2v) is 9.70. The lowest BCUT2D eigenvalue weighted by Gasteiger charge is -2.32. The number of benzene rings is 1. The summed E-state index contributed by atoms with van der Waals surface area (Å²) in [6, 6.07) is 4.87. The van der Waals surface area contributed by atoms with Crippen molar-refractivity contribution in [2.45, 2.75) is 51.4 Å². The fraction of sp³-hybridized carbons (Fsp3) is 0.538. The third kappa shape index (κ3) is 7.72. The minimum absolute atomic E-state index is 0.0107. The Balaban J connectivity index is 2.54. The van der Waals surface area contributed by atoms with Crippen molar-refractivity contribution in [3.05, 3.63) is 35.4 Å². The van der Waals surface area contributed by atoms with Crippen molar-refractivity contribution >= 4 is 29.9 Å². The molecule has 3 atom stereocenters. The molecule has 1 aromatic carbocycles. The zero-order valence-corrected chi connectivity index (χ0v) is 22.1. The molecular formula is C26H32F3NO8. The Bertz CT molecular complexity index is 1060. The van der Waals surface area contributed by atoms with Gasteiger partial charge in [0.25, 0.3) is 0 Å². The normalized spacial score (nSPS) is 19.0. The van der Waals surface area contributed by atoms with Gasteiger partial charge >= 0.3 is 30.0 Å². The molecule has 0 aliphatic carbocycles. The first-order valence-electron chi connectivity index (χ1n) is 11.7. The van der Waals surface area contributed by atoms with Crippen LogP contribution in [0, 0.1) is 11.8 Å². The Morgan fingerprint density at radius 3 is 2.11 bits per heavy atom. The van der Waals surface area contributed by atoms with E-state index in [1.165, 1.54) is 34.0 Å². The number of likely N-dealkylation sites (tertiary alicyclic amines) is 1. The fourth-order valence-electron chi connectivity index (χ4n) is 4.32. The van der Waals surface area contributed by atoms with Crippen LogP contribution in [0.5, 0.6) is 5.75 Å². The summed E-state index contributed by atoms with van der Waals surface area (Å²) >= 11 is 0. The number of esters is 3. The van der Waals surface area contributed by atoms with Crippen molar-refractivity contribution < 1.29 is 51.3 Å². The molecule has 2 rings (SSSR count). The van der Waals surface area contributed by atoms with E-state index in [0.717, 1.165) is 14.2 Å². The molecule has 1 aliphatic rings. The summed E-state index contributed by atoms with van der Waals surface area (Å²) in [7, 11) is 3.71. The van der Waals surface area contributed by atoms with Gasteiger partial charge in [-0.15, -0.1) is 0 Å². The quantitative estimate of drug-likeness (QED) is 0.278. The molecule has 1 amide bonds. The Morgan fingerprint density at radius 2 is 1.63 bits per heavy atom. The molecule has 1 saturated heterocycles. The summed E-state index contributed by atoms with van der Waals surface area (Å²) in [6.07, 6.45) is -4.26. The Morgan fingerprint density at radius 1 is 1.03 bits per heavy atom. The van der Waals surface area contributed by atoms with Crippen molar-refractivity contribution in [2.75, 3.05) is 27.9 Å². The van der Waals surface area contributed by atoms with E-state index in [1.54, 1.807) is 24.3 Å². The number of amides is 1. The van der Waals surface area contributed by atoms with Gasteiger partial charge in [-0.2, -0.15) is 13.2 Å². The van der Waals surface area contributed by atoms with Gasteiger partial charge in [0.1, 0.15) is 17.4 Å². The van der Waals surface area contributed by atoms with Crippen LogP contribution in [0.15, 0.2) is 29.8 Å². The number of rotatable bonds is 8. The zero-order chi connectivity index (χ0) is 28.8. The van der Waals surface area contributed by atoms with Crippen LogP contribution in [-0.2, 0) is 33.4 Å². The topological polar surface area (TPSA) is 108 Å². The van der Waals surface area contributed by atoms with Crippen LogP contribution >= 0.6 is 0 Å². The predicted octanol–water partition coefficient (Wildman–Crippen LogP) is 3.55. The van der Waals surface area contributed by atoms with Crippen LogP contribution in [0.2, 0.25) is 0 Å². The molecule has 0 aromatic heterocycles. The number of nitrogens with zero attached hydrogens (tertiary/aromatic N) is 1. The second-order valence-electron chi connectivity index (χ2n) is 9.70. The summed E-state index contributed by atoms with van der Waals surface area (Å²) in [6.45, 7) is 4.12. The first-order chi connectivity index (χ1) is 17.6. The first-order valence-corrected chi connectivity index (χ1v) is 11.7. The molecule has 0 saturated carbocycles. The molecule has 0 radical (unpaired) electrons. The van der Waals surface area contributed by atoms with Crippen LogP contribution in [-0.4, -0.2) is 74.4 Å². The van der Waals surface area contributed by atoms with Gasteiger partial charge in [-0.25, -0.2) is 9.59 Å². The van der Waals surface area contributed by atoms with E-state index in [1.807, 2.05) is 0 Å². The molecule has 1 aromatic rings. The molecule has 1 heterocycles. The molecule has 1 aliphatic heterocycles. The molecular weight excluding hydrogens is 511 g/mol. The molecule has 0 spiro atoms. The third-order valence-corrected chi connectivity index (χ3v) is 5.96. The van der Waals surface area contributed by atoms with Gasteiger partial charge in [0.2, 0.25) is 0 Å². The molecule has 38 heavy (non-hydrogen) atoms. The van der Waals surface area contributed by atoms with E-state index in [-0.39, 0.29) is 18.4 Å². The molecule has 210 valence electrons. The van der Waals surface area contributed by atoms with Crippen molar-refractivity contribution in [3.8, 4) is 5.75 Å². The highest BCUT2D eigenvalue weighted by Crippen LogP contribution is 2.38. The van der Waals surface area contributed by atoms with Crippen LogP contribution in [0.3, 0.4) is 0 Å². The number of alkyl halides is 3. The van der Waals surface area contributed by atoms with E-state index in [9.17, 15) is 32.3 Å². The Labute approximate surface area is 218 Å². The van der Waals surface area contributed by atoms with Crippen molar-refractivity contribution in [1.82, 2.24) is 4.90 Å². The van der Waals surface area contributed by atoms with Gasteiger partial charge in [-0.1, -0.05) is 12.1 Å². The predicted molar refractivity (Wildman–Crippen MR) is 129 cm³/mol. The summed E-state index contributed by atoms with van der Waals surface area (Å²) in [5, 5.41) is 0. The number of methoxy groups -OCH3 is 3. The molecule has 0 N–H and O–H groups in total. The number of halogens is 3. The third-order valence-electron chi connectivity index (χ3n) is 5.96. The minimum atomic E-state index is -5.25. The Hall–Kier alpha value is -3.57. The largest absolute Gasteiger partial charge is 0.497 e. The van der Waals surface area contributed by atoms with Crippen LogP contribution in [0.1, 0.15) is 39.2 Å². The van der Waals surface area contributed by atoms with E-state index in [2.05, 4.69) is 0 Å². The van der Waals surface area contributed by atoms with Crippen molar-refractivity contribution in [3.63, 3.8) is 0 Å². The zero-order valence-electron chi connectivity index (χ0n) is 22.1. The number of hydrogen-bond acceptors (Lipinski definition) is 8. The van der Waals surface area contributed by atoms with E-state index >= 15 is 0 Å². The van der Waals surface area contributed by atoms with Gasteiger partial charge in [0.15, 0.2) is 0 Å². The SMILES string of the molecule is COC(=O)/C(=C\c1ccc(OC)cc1)C[C@H](C(=O)OC)[C@@H]1CCN(C(=O)C(F)(F)F)[C@@H]1C(=O)OC(C)(C)C. The number of carbonyl (C=O) groups is 4. The van der Waals surface area contributed by atoms with E-state index < -0.39 is 60.0 Å². The number of hydrogen-bond donors (Lipinski definition) is 0. The summed E-state index contributed by atoms with van der Waals surface area (Å²) in [4.78, 5) is 51.2. The van der Waals surface area contributed by atoms with E-state index in [0.29, 0.717) is 16.2 Å². The highest BCUT2D eigenvalue weighted by Gasteiger charge is 2.54. The van der Waals surface area contributed by atoms with Gasteiger partial charge in [0, 0.05) is 18.0 Å². The first kappa shape index (κ1) is 30.7. The van der Waals surface area contributed by atoms with Gasteiger partial charge in [-0.05, 0) is 57.4 Å². The number of ether oxygens (including phenoxy) is 4. The van der Waals surface area contributed by atoms with E-state index in [4.69, 9.17) is 18.9 Å². The van der Waals surface area contributed by atoms with Crippen molar-refractivity contribution in [1.29, 1.82) is 0 Å². The van der Waals surface area contributed by atoms with Gasteiger partial charge in [0.05, 0.1) is 27.2 Å². The number of carbonyl (C=O) groups excluding carboxylic acids is 4. The second kappa shape index (κ2) is 12.3. The molecule has 0 bridgehead atoms. The highest BCUT2D eigenvalue weighted by molar-refractivity contribution is 5.95. The summed E-state index contributed by atoms with van der Waals surface area (Å²) < 4.78 is 60.3. The lowest BCUT2D eigenvalue weighted by molar-refractivity contribution is -0.191. The maximum Gasteiger partial charge on any atom is 0.471 e. The lowest BCUT2D eigenvalue weighted by atomic mass is 9.81. The summed E-state index contributed by atoms with van der Waals surface area (Å²) in [5.41, 5.74) is -0.515. The van der Waals surface area contributed by atoms with Gasteiger partial charge < -0.3 is 23.8 Å². The van der Waals surface area contributed by atoms with Crippen molar-refractivity contribution in [2.24, 2.45) is 11.8 Å². The Kier molecular flexibility index (Phi) is 9.93. The standard InChI is InChI=1S/C26H32F3NO8/c1-25(2,3)38-23(33)20-18(11-12-30(20)24(34)26(27,28)29)19(22(32)37-6)14-16(21(31)36-5)13-15-7-9-17(35-4)10-8-15/h7-10,13,18-20H,11-12,14H2,1-6H3/b16-13-/t18-,19-,20-/m0/s1. The molecule has 12 heteroatoms. The van der Waals surface area contributed by atoms with Crippen LogP contribution in [0.25, 0.3) is 6.08 Å². The monoisotopic (exact) mass is 543 g/mol. The maximum absolute atomic E-state index is 13.4. The molecule has 1 fully saturated rings. The molecule has 9 nitrogen and oxygen atoms in total. The smallest absolute Gasteiger partial charge is 0.471 e. The average molecular weight is 544 g/mol. The van der Waals surface area contributed by atoms with Crippen LogP contribution in [0.4, 0.5) is 13.2 Å². The minimum Gasteiger partial charge on any atom is -0.497 e. The molecule has 0 unspecified atom stereocenters.